The minimum Gasteiger partial charge on any atom is -0.466 e. The van der Waals surface area contributed by atoms with Crippen LogP contribution >= 0.6 is 11.6 Å². The Labute approximate surface area is 150 Å². The van der Waals surface area contributed by atoms with Crippen LogP contribution in [0.2, 0.25) is 5.02 Å². The normalized spacial score (nSPS) is 14.7. The first-order valence-electron chi connectivity index (χ1n) is 7.20. The number of amides is 1. The van der Waals surface area contributed by atoms with Gasteiger partial charge in [-0.05, 0) is 12.1 Å². The van der Waals surface area contributed by atoms with Crippen LogP contribution in [0.4, 0.5) is 18.9 Å². The fraction of sp³-hybridized carbons (Fsp3) is 0.333. The van der Waals surface area contributed by atoms with Gasteiger partial charge in [0.1, 0.15) is 11.4 Å². The van der Waals surface area contributed by atoms with Crippen molar-refractivity contribution in [2.24, 2.45) is 0 Å². The summed E-state index contributed by atoms with van der Waals surface area (Å²) in [6, 6.07) is 3.53. The zero-order valence-corrected chi connectivity index (χ0v) is 14.1. The summed E-state index contributed by atoms with van der Waals surface area (Å²) in [5, 5.41) is 11.3. The van der Waals surface area contributed by atoms with Crippen LogP contribution in [-0.4, -0.2) is 55.1 Å². The number of anilines is 1. The number of nitrogens with zero attached hydrogens (tertiary/aromatic N) is 1. The van der Waals surface area contributed by atoms with Crippen LogP contribution in [0.3, 0.4) is 0 Å². The summed E-state index contributed by atoms with van der Waals surface area (Å²) in [4.78, 5) is 25.5. The van der Waals surface area contributed by atoms with E-state index in [4.69, 9.17) is 16.7 Å². The average molecular weight is 395 g/mol. The number of aliphatic hydroxyl groups is 1. The first-order chi connectivity index (χ1) is 12.2. The molecule has 1 aliphatic heterocycles. The minimum absolute atomic E-state index is 0.0705. The Morgan fingerprint density at radius 2 is 2.12 bits per heavy atom. The number of hydrogen-bond acceptors (Lipinski definition) is 6. The van der Waals surface area contributed by atoms with Gasteiger partial charge in [-0.15, -0.1) is 13.2 Å². The third-order valence-corrected chi connectivity index (χ3v) is 3.72. The molecule has 2 rings (SSSR count). The first kappa shape index (κ1) is 19.9. The molecule has 2 N–H and O–H groups in total. The number of esters is 1. The second-order valence-corrected chi connectivity index (χ2v) is 5.49. The van der Waals surface area contributed by atoms with Crippen LogP contribution in [0.1, 0.15) is 0 Å². The second-order valence-electron chi connectivity index (χ2n) is 5.08. The lowest BCUT2D eigenvalue weighted by atomic mass is 10.2. The predicted octanol–water partition coefficient (Wildman–Crippen LogP) is 1.91. The molecule has 0 fully saturated rings. The highest BCUT2D eigenvalue weighted by atomic mass is 35.5. The first-order valence-corrected chi connectivity index (χ1v) is 7.58. The summed E-state index contributed by atoms with van der Waals surface area (Å²) in [5.74, 6) is -2.21. The Kier molecular flexibility index (Phi) is 5.98. The molecular formula is C15H14ClF3N2O5. The second kappa shape index (κ2) is 7.83. The molecular weight excluding hydrogens is 381 g/mol. The van der Waals surface area contributed by atoms with Crippen LogP contribution in [0.15, 0.2) is 29.5 Å². The molecule has 1 heterocycles. The summed E-state index contributed by atoms with van der Waals surface area (Å²) >= 11 is 5.93. The zero-order chi connectivity index (χ0) is 19.5. The molecule has 0 bridgehead atoms. The third kappa shape index (κ3) is 4.38. The third-order valence-electron chi connectivity index (χ3n) is 3.40. The molecule has 0 aliphatic carbocycles. The monoisotopic (exact) mass is 394 g/mol. The number of aliphatic hydroxyl groups excluding tert-OH is 1. The van der Waals surface area contributed by atoms with E-state index in [1.807, 2.05) is 0 Å². The minimum atomic E-state index is -4.98. The molecule has 0 aromatic heterocycles. The van der Waals surface area contributed by atoms with Gasteiger partial charge in [-0.25, -0.2) is 4.79 Å². The highest BCUT2D eigenvalue weighted by molar-refractivity contribution is 6.33. The van der Waals surface area contributed by atoms with Crippen LogP contribution in [-0.2, 0) is 14.3 Å². The van der Waals surface area contributed by atoms with Gasteiger partial charge >= 0.3 is 12.3 Å². The number of hydrogen-bond donors (Lipinski definition) is 2. The molecule has 7 nitrogen and oxygen atoms in total. The van der Waals surface area contributed by atoms with E-state index in [-0.39, 0.29) is 41.7 Å². The number of methoxy groups -OCH3 is 1. The number of nitrogens with one attached hydrogen (secondary N) is 1. The number of halogens is 4. The summed E-state index contributed by atoms with van der Waals surface area (Å²) in [6.45, 7) is -0.602. The lowest BCUT2D eigenvalue weighted by Crippen LogP contribution is -2.31. The molecule has 0 saturated carbocycles. The van der Waals surface area contributed by atoms with E-state index in [0.29, 0.717) is 0 Å². The standard InChI is InChI=1S/C15H14ClF3N2O5/c1-25-14(24)8-7-21(5-6-22)13(23)11(8)20-12-9(16)3-2-4-10(12)26-15(17,18)19/h2-4,20,22H,5-7H2,1H3. The molecule has 0 unspecified atom stereocenters. The molecule has 0 radical (unpaired) electrons. The van der Waals surface area contributed by atoms with Gasteiger partial charge in [0.2, 0.25) is 0 Å². The van der Waals surface area contributed by atoms with E-state index in [1.54, 1.807) is 0 Å². The van der Waals surface area contributed by atoms with Gasteiger partial charge in [0, 0.05) is 6.54 Å². The molecule has 26 heavy (non-hydrogen) atoms. The van der Waals surface area contributed by atoms with Crippen molar-refractivity contribution in [2.75, 3.05) is 32.1 Å². The van der Waals surface area contributed by atoms with Gasteiger partial charge in [-0.2, -0.15) is 0 Å². The van der Waals surface area contributed by atoms with E-state index < -0.39 is 24.0 Å². The molecule has 1 aromatic carbocycles. The van der Waals surface area contributed by atoms with Gasteiger partial charge < -0.3 is 24.8 Å². The Bertz CT molecular complexity index is 751. The molecule has 1 aliphatic rings. The summed E-state index contributed by atoms with van der Waals surface area (Å²) in [7, 11) is 1.10. The van der Waals surface area contributed by atoms with E-state index in [2.05, 4.69) is 14.8 Å². The largest absolute Gasteiger partial charge is 0.573 e. The molecule has 1 aromatic rings. The van der Waals surface area contributed by atoms with Crippen LogP contribution in [0, 0.1) is 0 Å². The van der Waals surface area contributed by atoms with Crippen molar-refractivity contribution >= 4 is 29.2 Å². The van der Waals surface area contributed by atoms with Gasteiger partial charge in [0.25, 0.3) is 5.91 Å². The van der Waals surface area contributed by atoms with Crippen LogP contribution < -0.4 is 10.1 Å². The van der Waals surface area contributed by atoms with Crippen LogP contribution in [0.25, 0.3) is 0 Å². The topological polar surface area (TPSA) is 88.1 Å². The lowest BCUT2D eigenvalue weighted by Gasteiger charge is -2.17. The number of β-amino-alcohol motifs (C(OH)–C–C–N with tert-alkyl or cyclic N) is 1. The smallest absolute Gasteiger partial charge is 0.466 e. The summed E-state index contributed by atoms with van der Waals surface area (Å²) in [5.41, 5.74) is -0.739. The fourth-order valence-electron chi connectivity index (χ4n) is 2.31. The van der Waals surface area contributed by atoms with Crippen LogP contribution in [0.5, 0.6) is 5.75 Å². The van der Waals surface area contributed by atoms with Crippen molar-refractivity contribution in [3.8, 4) is 5.75 Å². The van der Waals surface area contributed by atoms with Gasteiger partial charge in [-0.3, -0.25) is 4.79 Å². The van der Waals surface area contributed by atoms with Crippen molar-refractivity contribution in [1.82, 2.24) is 4.90 Å². The Hall–Kier alpha value is -2.46. The number of alkyl halides is 3. The lowest BCUT2D eigenvalue weighted by molar-refractivity contribution is -0.274. The molecule has 0 saturated heterocycles. The Morgan fingerprint density at radius 3 is 2.69 bits per heavy atom. The molecule has 11 heteroatoms. The summed E-state index contributed by atoms with van der Waals surface area (Å²) < 4.78 is 46.2. The quantitative estimate of drug-likeness (QED) is 0.717. The average Bonchev–Trinajstić information content (AvgIpc) is 2.85. The van der Waals surface area contributed by atoms with Crippen molar-refractivity contribution in [1.29, 1.82) is 0 Å². The van der Waals surface area contributed by atoms with Gasteiger partial charge in [0.15, 0.2) is 5.75 Å². The molecule has 0 atom stereocenters. The highest BCUT2D eigenvalue weighted by Gasteiger charge is 2.36. The zero-order valence-electron chi connectivity index (χ0n) is 13.4. The van der Waals surface area contributed by atoms with Gasteiger partial charge in [0.05, 0.1) is 30.9 Å². The fourth-order valence-corrected chi connectivity index (χ4v) is 2.52. The molecule has 1 amide bonds. The van der Waals surface area contributed by atoms with Crippen molar-refractivity contribution in [3.63, 3.8) is 0 Å². The number of carbonyl (C=O) groups is 2. The SMILES string of the molecule is COC(=O)C1=C(Nc2c(Cl)cccc2OC(F)(F)F)C(=O)N(CCO)C1. The molecule has 0 spiro atoms. The van der Waals surface area contributed by atoms with Crippen molar-refractivity contribution in [3.05, 3.63) is 34.5 Å². The van der Waals surface area contributed by atoms with E-state index in [9.17, 15) is 22.8 Å². The predicted molar refractivity (Wildman–Crippen MR) is 84.5 cm³/mol. The number of para-hydroxylation sites is 1. The maximum atomic E-state index is 12.6. The number of carbonyl (C=O) groups excluding carboxylic acids is 2. The van der Waals surface area contributed by atoms with E-state index in [0.717, 1.165) is 18.1 Å². The Balaban J connectivity index is 2.44. The van der Waals surface area contributed by atoms with E-state index >= 15 is 0 Å². The molecule has 142 valence electrons. The van der Waals surface area contributed by atoms with E-state index in [1.165, 1.54) is 12.1 Å². The van der Waals surface area contributed by atoms with Gasteiger partial charge in [-0.1, -0.05) is 17.7 Å². The van der Waals surface area contributed by atoms with Crippen molar-refractivity contribution in [2.45, 2.75) is 6.36 Å². The Morgan fingerprint density at radius 1 is 1.42 bits per heavy atom. The number of ether oxygens (including phenoxy) is 2. The number of rotatable bonds is 6. The summed E-state index contributed by atoms with van der Waals surface area (Å²) in [6.07, 6.45) is -4.98. The maximum absolute atomic E-state index is 12.6. The highest BCUT2D eigenvalue weighted by Crippen LogP contribution is 2.37. The maximum Gasteiger partial charge on any atom is 0.573 e. The van der Waals surface area contributed by atoms with Crippen molar-refractivity contribution < 1.29 is 37.3 Å². The number of benzene rings is 1.